The van der Waals surface area contributed by atoms with Gasteiger partial charge in [0.1, 0.15) is 0 Å². The first-order valence-corrected chi connectivity index (χ1v) is 12.2. The quantitative estimate of drug-likeness (QED) is 0.595. The largest absolute Gasteiger partial charge is 0.493 e. The van der Waals surface area contributed by atoms with Crippen molar-refractivity contribution in [2.75, 3.05) is 65.9 Å². The average Bonchev–Trinajstić information content (AvgIpc) is 3.25. The maximum atomic E-state index is 12.8. The smallest absolute Gasteiger partial charge is 0.229 e. The number of anilines is 1. The first-order chi connectivity index (χ1) is 16.9. The maximum absolute atomic E-state index is 12.8. The molecule has 35 heavy (non-hydrogen) atoms. The summed E-state index contributed by atoms with van der Waals surface area (Å²) in [5.74, 6) is 0.937. The van der Waals surface area contributed by atoms with Crippen molar-refractivity contribution in [3.05, 3.63) is 53.6 Å². The van der Waals surface area contributed by atoms with Crippen molar-refractivity contribution in [3.63, 3.8) is 0 Å². The molecule has 0 bridgehead atoms. The monoisotopic (exact) mass is 480 g/mol. The number of benzene rings is 2. The molecule has 0 spiro atoms. The van der Waals surface area contributed by atoms with E-state index in [1.165, 1.54) is 5.56 Å². The van der Waals surface area contributed by atoms with Gasteiger partial charge in [0.2, 0.25) is 11.8 Å². The van der Waals surface area contributed by atoms with E-state index in [2.05, 4.69) is 34.3 Å². The molecule has 8 nitrogen and oxygen atoms in total. The second kappa shape index (κ2) is 11.6. The SMILES string of the molecule is COc1ccc(CCN2CC(C(=O)Nc3ccc(CN4CCN(C)CC4)cc3)CC2=O)cc1OC. The Hall–Kier alpha value is -3.10. The molecular weight excluding hydrogens is 444 g/mol. The second-order valence-corrected chi connectivity index (χ2v) is 9.45. The van der Waals surface area contributed by atoms with Crippen molar-refractivity contribution in [2.45, 2.75) is 19.4 Å². The lowest BCUT2D eigenvalue weighted by Crippen LogP contribution is -2.43. The van der Waals surface area contributed by atoms with Crippen molar-refractivity contribution >= 4 is 17.5 Å². The van der Waals surface area contributed by atoms with Gasteiger partial charge >= 0.3 is 0 Å². The van der Waals surface area contributed by atoms with Gasteiger partial charge in [-0.05, 0) is 48.9 Å². The van der Waals surface area contributed by atoms with E-state index in [1.807, 2.05) is 30.3 Å². The summed E-state index contributed by atoms with van der Waals surface area (Å²) in [6.07, 6.45) is 0.939. The van der Waals surface area contributed by atoms with Crippen LogP contribution in [0, 0.1) is 5.92 Å². The molecule has 1 atom stereocenters. The molecule has 0 saturated carbocycles. The number of nitrogens with zero attached hydrogens (tertiary/aromatic N) is 3. The zero-order valence-corrected chi connectivity index (χ0v) is 21.0. The van der Waals surface area contributed by atoms with E-state index >= 15 is 0 Å². The number of rotatable bonds is 9. The standard InChI is InChI=1S/C27H36N4O4/c1-29-12-14-30(15-13-29)18-21-4-7-23(8-5-21)28-27(33)22-17-26(32)31(19-22)11-10-20-6-9-24(34-2)25(16-20)35-3/h4-9,16,22H,10-15,17-19H2,1-3H3,(H,28,33). The second-order valence-electron chi connectivity index (χ2n) is 9.45. The van der Waals surface area contributed by atoms with E-state index in [9.17, 15) is 9.59 Å². The normalized spacial score (nSPS) is 19.1. The number of methoxy groups -OCH3 is 2. The number of nitrogens with one attached hydrogen (secondary N) is 1. The summed E-state index contributed by atoms with van der Waals surface area (Å²) in [5.41, 5.74) is 3.07. The highest BCUT2D eigenvalue weighted by atomic mass is 16.5. The fourth-order valence-corrected chi connectivity index (χ4v) is 4.67. The first kappa shape index (κ1) is 25.0. The van der Waals surface area contributed by atoms with E-state index in [4.69, 9.17) is 9.47 Å². The Morgan fingerprint density at radius 3 is 2.34 bits per heavy atom. The summed E-state index contributed by atoms with van der Waals surface area (Å²) < 4.78 is 10.6. The van der Waals surface area contributed by atoms with Crippen LogP contribution >= 0.6 is 0 Å². The number of likely N-dealkylation sites (tertiary alicyclic amines) is 1. The summed E-state index contributed by atoms with van der Waals surface area (Å²) in [6, 6.07) is 13.8. The van der Waals surface area contributed by atoms with Gasteiger partial charge in [0.25, 0.3) is 0 Å². The van der Waals surface area contributed by atoms with Gasteiger partial charge < -0.3 is 24.6 Å². The number of carbonyl (C=O) groups excluding carboxylic acids is 2. The molecule has 8 heteroatoms. The van der Waals surface area contributed by atoms with E-state index in [0.29, 0.717) is 31.0 Å². The van der Waals surface area contributed by atoms with Crippen LogP contribution in [0.5, 0.6) is 11.5 Å². The topological polar surface area (TPSA) is 74.4 Å². The van der Waals surface area contributed by atoms with Crippen LogP contribution in [0.4, 0.5) is 5.69 Å². The van der Waals surface area contributed by atoms with Crippen LogP contribution < -0.4 is 14.8 Å². The van der Waals surface area contributed by atoms with Crippen LogP contribution in [0.1, 0.15) is 17.5 Å². The fraction of sp³-hybridized carbons (Fsp3) is 0.481. The van der Waals surface area contributed by atoms with Crippen LogP contribution in [-0.2, 0) is 22.6 Å². The molecular formula is C27H36N4O4. The van der Waals surface area contributed by atoms with Crippen LogP contribution in [0.25, 0.3) is 0 Å². The third-order valence-electron chi connectivity index (χ3n) is 6.93. The molecule has 4 rings (SSSR count). The number of piperazine rings is 1. The minimum Gasteiger partial charge on any atom is -0.493 e. The number of hydrogen-bond acceptors (Lipinski definition) is 6. The van der Waals surface area contributed by atoms with Gasteiger partial charge in [-0.1, -0.05) is 18.2 Å². The molecule has 1 unspecified atom stereocenters. The summed E-state index contributed by atoms with van der Waals surface area (Å²) in [6.45, 7) is 6.28. The molecule has 2 saturated heterocycles. The minimum atomic E-state index is -0.335. The van der Waals surface area contributed by atoms with Gasteiger partial charge in [-0.25, -0.2) is 0 Å². The van der Waals surface area contributed by atoms with Crippen LogP contribution in [0.3, 0.4) is 0 Å². The van der Waals surface area contributed by atoms with Gasteiger partial charge in [0.15, 0.2) is 11.5 Å². The van der Waals surface area contributed by atoms with Crippen molar-refractivity contribution in [2.24, 2.45) is 5.92 Å². The van der Waals surface area contributed by atoms with Gasteiger partial charge in [0.05, 0.1) is 20.1 Å². The third kappa shape index (κ3) is 6.52. The Labute approximate surface area is 207 Å². The fourth-order valence-electron chi connectivity index (χ4n) is 4.67. The van der Waals surface area contributed by atoms with E-state index in [0.717, 1.165) is 44.0 Å². The zero-order valence-electron chi connectivity index (χ0n) is 21.0. The van der Waals surface area contributed by atoms with Crippen molar-refractivity contribution in [3.8, 4) is 11.5 Å². The van der Waals surface area contributed by atoms with Gasteiger partial charge in [-0.15, -0.1) is 0 Å². The highest BCUT2D eigenvalue weighted by Crippen LogP contribution is 2.28. The van der Waals surface area contributed by atoms with E-state index in [-0.39, 0.29) is 24.2 Å². The number of ether oxygens (including phenoxy) is 2. The molecule has 0 aromatic heterocycles. The molecule has 1 N–H and O–H groups in total. The average molecular weight is 481 g/mol. The molecule has 0 aliphatic carbocycles. The van der Waals surface area contributed by atoms with Gasteiger partial charge in [-0.3, -0.25) is 14.5 Å². The molecule has 2 aliphatic heterocycles. The zero-order chi connectivity index (χ0) is 24.8. The highest BCUT2D eigenvalue weighted by Gasteiger charge is 2.34. The number of amides is 2. The number of carbonyl (C=O) groups is 2. The number of hydrogen-bond donors (Lipinski definition) is 1. The Kier molecular flexibility index (Phi) is 8.25. The van der Waals surface area contributed by atoms with Crippen LogP contribution in [-0.4, -0.2) is 87.0 Å². The summed E-state index contributed by atoms with van der Waals surface area (Å²) in [4.78, 5) is 31.9. The van der Waals surface area contributed by atoms with Crippen molar-refractivity contribution < 1.29 is 19.1 Å². The molecule has 2 fully saturated rings. The molecule has 2 heterocycles. The predicted molar refractivity (Wildman–Crippen MR) is 136 cm³/mol. The first-order valence-electron chi connectivity index (χ1n) is 12.2. The van der Waals surface area contributed by atoms with Gasteiger partial charge in [0, 0.05) is 57.9 Å². The Balaban J connectivity index is 1.25. The molecule has 2 aliphatic rings. The number of likely N-dealkylation sites (N-methyl/N-ethyl adjacent to an activating group) is 1. The summed E-state index contributed by atoms with van der Waals surface area (Å²) >= 11 is 0. The molecule has 2 aromatic rings. The lowest BCUT2D eigenvalue weighted by molar-refractivity contribution is -0.128. The third-order valence-corrected chi connectivity index (χ3v) is 6.93. The predicted octanol–water partition coefficient (Wildman–Crippen LogP) is 2.48. The van der Waals surface area contributed by atoms with Gasteiger partial charge in [-0.2, -0.15) is 0 Å². The highest BCUT2D eigenvalue weighted by molar-refractivity contribution is 5.97. The Morgan fingerprint density at radius 2 is 1.66 bits per heavy atom. The summed E-state index contributed by atoms with van der Waals surface area (Å²) in [5, 5.41) is 2.99. The van der Waals surface area contributed by atoms with E-state index in [1.54, 1.807) is 19.1 Å². The van der Waals surface area contributed by atoms with Crippen molar-refractivity contribution in [1.29, 1.82) is 0 Å². The van der Waals surface area contributed by atoms with E-state index < -0.39 is 0 Å². The summed E-state index contributed by atoms with van der Waals surface area (Å²) in [7, 11) is 5.37. The van der Waals surface area contributed by atoms with Crippen LogP contribution in [0.2, 0.25) is 0 Å². The lowest BCUT2D eigenvalue weighted by Gasteiger charge is -2.32. The van der Waals surface area contributed by atoms with Crippen molar-refractivity contribution in [1.82, 2.24) is 14.7 Å². The molecule has 2 amide bonds. The lowest BCUT2D eigenvalue weighted by atomic mass is 10.1. The Morgan fingerprint density at radius 1 is 0.971 bits per heavy atom. The maximum Gasteiger partial charge on any atom is 0.229 e. The molecule has 0 radical (unpaired) electrons. The van der Waals surface area contributed by atoms with Crippen LogP contribution in [0.15, 0.2) is 42.5 Å². The Bertz CT molecular complexity index is 1020. The molecule has 188 valence electrons. The minimum absolute atomic E-state index is 0.0214. The molecule has 2 aromatic carbocycles.